The monoisotopic (exact) mass is 275 g/mol. The van der Waals surface area contributed by atoms with Crippen LogP contribution in [0.5, 0.6) is 0 Å². The van der Waals surface area contributed by atoms with Crippen LogP contribution < -0.4 is 11.1 Å². The van der Waals surface area contributed by atoms with Gasteiger partial charge < -0.3 is 16.0 Å². The molecule has 4 heteroatoms. The van der Waals surface area contributed by atoms with Crippen molar-refractivity contribution < 1.29 is 4.79 Å². The number of nitrogen functional groups attached to an aromatic ring is 1. The first-order valence-electron chi connectivity index (χ1n) is 7.32. The minimum Gasteiger partial charge on any atom is -0.397 e. The summed E-state index contributed by atoms with van der Waals surface area (Å²) in [5.41, 5.74) is 8.71. The summed E-state index contributed by atoms with van der Waals surface area (Å²) in [4.78, 5) is 13.6. The Bertz CT molecular complexity index is 492. The Morgan fingerprint density at radius 1 is 1.40 bits per heavy atom. The molecular formula is C16H25N3O. The molecule has 0 atom stereocenters. The van der Waals surface area contributed by atoms with Crippen molar-refractivity contribution in [1.82, 2.24) is 4.90 Å². The second-order valence-electron chi connectivity index (χ2n) is 6.11. The molecule has 0 saturated heterocycles. The molecule has 1 aliphatic rings. The number of anilines is 2. The first-order valence-corrected chi connectivity index (χ1v) is 7.32. The summed E-state index contributed by atoms with van der Waals surface area (Å²) in [5, 5.41) is 3.44. The maximum absolute atomic E-state index is 12.0. The first-order chi connectivity index (χ1) is 9.47. The first kappa shape index (κ1) is 14.7. The molecule has 0 spiro atoms. The number of rotatable bonds is 6. The van der Waals surface area contributed by atoms with Crippen molar-refractivity contribution in [2.45, 2.75) is 32.6 Å². The summed E-state index contributed by atoms with van der Waals surface area (Å²) in [7, 11) is 3.51. The van der Waals surface area contributed by atoms with E-state index in [2.05, 4.69) is 12.2 Å². The quantitative estimate of drug-likeness (QED) is 0.785. The molecule has 1 amide bonds. The average Bonchev–Trinajstić information content (AvgIpc) is 3.17. The third-order valence-corrected chi connectivity index (χ3v) is 4.10. The summed E-state index contributed by atoms with van der Waals surface area (Å²) in [6.45, 7) is 3.18. The molecule has 0 aliphatic heterocycles. The van der Waals surface area contributed by atoms with E-state index < -0.39 is 0 Å². The zero-order valence-corrected chi connectivity index (χ0v) is 12.7. The summed E-state index contributed by atoms with van der Waals surface area (Å²) in [6.07, 6.45) is 5.07. The summed E-state index contributed by atoms with van der Waals surface area (Å²) in [6, 6.07) is 5.44. The largest absolute Gasteiger partial charge is 0.397 e. The van der Waals surface area contributed by atoms with Crippen molar-refractivity contribution >= 4 is 17.3 Å². The summed E-state index contributed by atoms with van der Waals surface area (Å²) < 4.78 is 0. The average molecular weight is 275 g/mol. The molecule has 4 nitrogen and oxygen atoms in total. The van der Waals surface area contributed by atoms with Gasteiger partial charge in [-0.2, -0.15) is 0 Å². The Morgan fingerprint density at radius 3 is 2.65 bits per heavy atom. The molecular weight excluding hydrogens is 250 g/mol. The van der Waals surface area contributed by atoms with Crippen LogP contribution in [0.2, 0.25) is 0 Å². The van der Waals surface area contributed by atoms with E-state index in [4.69, 9.17) is 5.73 Å². The normalized spacial score (nSPS) is 15.8. The van der Waals surface area contributed by atoms with Crippen molar-refractivity contribution in [3.63, 3.8) is 0 Å². The van der Waals surface area contributed by atoms with E-state index in [0.717, 1.165) is 12.2 Å². The van der Waals surface area contributed by atoms with Crippen LogP contribution in [0.25, 0.3) is 0 Å². The molecule has 3 N–H and O–H groups in total. The fourth-order valence-electron chi connectivity index (χ4n) is 2.61. The maximum atomic E-state index is 12.0. The van der Waals surface area contributed by atoms with Crippen molar-refractivity contribution in [1.29, 1.82) is 0 Å². The lowest BCUT2D eigenvalue weighted by molar-refractivity contribution is 0.0827. The molecule has 0 unspecified atom stereocenters. The number of benzene rings is 1. The van der Waals surface area contributed by atoms with Gasteiger partial charge in [-0.1, -0.05) is 13.3 Å². The number of carbonyl (C=O) groups excluding carboxylic acids is 1. The molecule has 110 valence electrons. The van der Waals surface area contributed by atoms with Gasteiger partial charge in [-0.05, 0) is 42.9 Å². The van der Waals surface area contributed by atoms with E-state index in [0.29, 0.717) is 16.7 Å². The standard InChI is InChI=1S/C16H25N3O/c1-4-7-16(8-9-16)11-18-14-10-12(5-6-13(14)17)15(20)19(2)3/h5-6,10,18H,4,7-9,11,17H2,1-3H3. The zero-order chi connectivity index (χ0) is 14.8. The number of nitrogens with one attached hydrogen (secondary N) is 1. The molecule has 0 radical (unpaired) electrons. The van der Waals surface area contributed by atoms with E-state index in [9.17, 15) is 4.79 Å². The third kappa shape index (κ3) is 3.24. The Hall–Kier alpha value is -1.71. The predicted octanol–water partition coefficient (Wildman–Crippen LogP) is 2.96. The van der Waals surface area contributed by atoms with Gasteiger partial charge in [-0.15, -0.1) is 0 Å². The lowest BCUT2D eigenvalue weighted by Crippen LogP contribution is -2.22. The van der Waals surface area contributed by atoms with Gasteiger partial charge in [-0.25, -0.2) is 0 Å². The molecule has 20 heavy (non-hydrogen) atoms. The lowest BCUT2D eigenvalue weighted by atomic mass is 10.0. The van der Waals surface area contributed by atoms with Gasteiger partial charge in [0.2, 0.25) is 0 Å². The number of nitrogens with zero attached hydrogens (tertiary/aromatic N) is 1. The van der Waals surface area contributed by atoms with Crippen LogP contribution in [0.15, 0.2) is 18.2 Å². The zero-order valence-electron chi connectivity index (χ0n) is 12.7. The highest BCUT2D eigenvalue weighted by Gasteiger charge is 2.41. The third-order valence-electron chi connectivity index (χ3n) is 4.10. The molecule has 1 fully saturated rings. The minimum atomic E-state index is 0.00254. The lowest BCUT2D eigenvalue weighted by Gasteiger charge is -2.18. The van der Waals surface area contributed by atoms with E-state index in [1.165, 1.54) is 25.7 Å². The number of hydrogen-bond donors (Lipinski definition) is 2. The Morgan fingerprint density at radius 2 is 2.10 bits per heavy atom. The van der Waals surface area contributed by atoms with Gasteiger partial charge in [0.05, 0.1) is 11.4 Å². The molecule has 0 bridgehead atoms. The molecule has 1 aromatic rings. The van der Waals surface area contributed by atoms with E-state index in [1.807, 2.05) is 6.07 Å². The predicted molar refractivity (Wildman–Crippen MR) is 83.9 cm³/mol. The van der Waals surface area contributed by atoms with Crippen LogP contribution in [-0.2, 0) is 0 Å². The van der Waals surface area contributed by atoms with Gasteiger partial charge in [0.25, 0.3) is 5.91 Å². The molecule has 1 aliphatic carbocycles. The minimum absolute atomic E-state index is 0.00254. The van der Waals surface area contributed by atoms with Crippen molar-refractivity contribution in [2.24, 2.45) is 5.41 Å². The molecule has 0 heterocycles. The Balaban J connectivity index is 2.07. The molecule has 1 aromatic carbocycles. The van der Waals surface area contributed by atoms with Crippen LogP contribution in [-0.4, -0.2) is 31.4 Å². The fourth-order valence-corrected chi connectivity index (χ4v) is 2.61. The smallest absolute Gasteiger partial charge is 0.253 e. The highest BCUT2D eigenvalue weighted by Crippen LogP contribution is 2.49. The van der Waals surface area contributed by atoms with Crippen molar-refractivity contribution in [2.75, 3.05) is 31.7 Å². The number of carbonyl (C=O) groups is 1. The molecule has 1 saturated carbocycles. The van der Waals surface area contributed by atoms with Gasteiger partial charge in [-0.3, -0.25) is 4.79 Å². The van der Waals surface area contributed by atoms with E-state index in [-0.39, 0.29) is 5.91 Å². The van der Waals surface area contributed by atoms with Gasteiger partial charge in [0.1, 0.15) is 0 Å². The Labute approximate surface area is 121 Å². The molecule has 0 aromatic heterocycles. The Kier molecular flexibility index (Phi) is 4.21. The van der Waals surface area contributed by atoms with Gasteiger partial charge in [0, 0.05) is 26.2 Å². The summed E-state index contributed by atoms with van der Waals surface area (Å²) in [5.74, 6) is 0.00254. The van der Waals surface area contributed by atoms with Crippen LogP contribution in [0.4, 0.5) is 11.4 Å². The topological polar surface area (TPSA) is 58.4 Å². The van der Waals surface area contributed by atoms with Crippen molar-refractivity contribution in [3.05, 3.63) is 23.8 Å². The highest BCUT2D eigenvalue weighted by atomic mass is 16.2. The van der Waals surface area contributed by atoms with Gasteiger partial charge in [0.15, 0.2) is 0 Å². The number of nitrogens with two attached hydrogens (primary N) is 1. The van der Waals surface area contributed by atoms with Crippen molar-refractivity contribution in [3.8, 4) is 0 Å². The fraction of sp³-hybridized carbons (Fsp3) is 0.562. The number of hydrogen-bond acceptors (Lipinski definition) is 3. The number of amides is 1. The van der Waals surface area contributed by atoms with Crippen LogP contribution in [0.3, 0.4) is 0 Å². The SMILES string of the molecule is CCCC1(CNc2cc(C(=O)N(C)C)ccc2N)CC1. The second kappa shape index (κ2) is 5.73. The summed E-state index contributed by atoms with van der Waals surface area (Å²) >= 11 is 0. The van der Waals surface area contributed by atoms with E-state index >= 15 is 0 Å². The van der Waals surface area contributed by atoms with Crippen LogP contribution in [0, 0.1) is 5.41 Å². The van der Waals surface area contributed by atoms with Crippen LogP contribution in [0.1, 0.15) is 43.0 Å². The maximum Gasteiger partial charge on any atom is 0.253 e. The van der Waals surface area contributed by atoms with E-state index in [1.54, 1.807) is 31.1 Å². The highest BCUT2D eigenvalue weighted by molar-refractivity contribution is 5.95. The van der Waals surface area contributed by atoms with Gasteiger partial charge >= 0.3 is 0 Å². The second-order valence-corrected chi connectivity index (χ2v) is 6.11. The molecule has 2 rings (SSSR count). The van der Waals surface area contributed by atoms with Crippen LogP contribution >= 0.6 is 0 Å².